The van der Waals surface area contributed by atoms with Crippen LogP contribution in [0.5, 0.6) is 11.5 Å². The van der Waals surface area contributed by atoms with E-state index in [-0.39, 0.29) is 22.9 Å². The Morgan fingerprint density at radius 3 is 2.36 bits per heavy atom. The third-order valence-corrected chi connectivity index (χ3v) is 7.55. The Labute approximate surface area is 222 Å². The van der Waals surface area contributed by atoms with Gasteiger partial charge in [-0.05, 0) is 41.5 Å². The first kappa shape index (κ1) is 24.3. The van der Waals surface area contributed by atoms with Crippen molar-refractivity contribution in [2.75, 3.05) is 19.1 Å². The lowest BCUT2D eigenvalue weighted by atomic mass is 9.83. The number of carbonyl (C=O) groups excluding carboxylic acids is 3. The smallest absolute Gasteiger partial charge is 0.271 e. The third-order valence-electron chi connectivity index (χ3n) is 7.55. The molecule has 0 radical (unpaired) electrons. The SMILES string of the molecule is COc1ccc(C(=O)[C@@H]2[C@H]3C(=O)N(c4cc([N+](=O)[O-])ccc4OC)C(=O)[C@@H]3[C@H]3c4ccccc4C=NN23)cc1. The molecule has 11 heteroatoms. The van der Waals surface area contributed by atoms with Crippen LogP contribution in [0.15, 0.2) is 71.8 Å². The van der Waals surface area contributed by atoms with Crippen molar-refractivity contribution >= 4 is 35.2 Å². The van der Waals surface area contributed by atoms with E-state index in [1.165, 1.54) is 26.4 Å². The van der Waals surface area contributed by atoms with E-state index < -0.39 is 40.7 Å². The summed E-state index contributed by atoms with van der Waals surface area (Å²) < 4.78 is 10.6. The van der Waals surface area contributed by atoms with E-state index in [4.69, 9.17) is 9.47 Å². The number of nitrogens with zero attached hydrogens (tertiary/aromatic N) is 4. The molecule has 0 spiro atoms. The van der Waals surface area contributed by atoms with Crippen LogP contribution in [0.1, 0.15) is 27.5 Å². The zero-order valence-corrected chi connectivity index (χ0v) is 20.9. The summed E-state index contributed by atoms with van der Waals surface area (Å²) in [6.45, 7) is 0. The van der Waals surface area contributed by atoms with Crippen LogP contribution in [-0.2, 0) is 9.59 Å². The molecule has 0 aromatic heterocycles. The highest BCUT2D eigenvalue weighted by atomic mass is 16.6. The second kappa shape index (κ2) is 9.05. The minimum absolute atomic E-state index is 0.0362. The van der Waals surface area contributed by atoms with Gasteiger partial charge in [-0.3, -0.25) is 29.5 Å². The van der Waals surface area contributed by atoms with Crippen molar-refractivity contribution in [2.45, 2.75) is 12.1 Å². The first-order chi connectivity index (χ1) is 18.8. The average molecular weight is 527 g/mol. The average Bonchev–Trinajstić information content (AvgIpc) is 3.44. The molecule has 2 amide bonds. The van der Waals surface area contributed by atoms with E-state index in [0.717, 1.165) is 22.1 Å². The normalized spacial score (nSPS) is 22.8. The summed E-state index contributed by atoms with van der Waals surface area (Å²) in [7, 11) is 2.86. The maximum atomic E-state index is 14.1. The molecule has 2 fully saturated rings. The summed E-state index contributed by atoms with van der Waals surface area (Å²) in [5.41, 5.74) is 1.54. The van der Waals surface area contributed by atoms with E-state index in [2.05, 4.69) is 5.10 Å². The number of imide groups is 1. The van der Waals surface area contributed by atoms with Gasteiger partial charge >= 0.3 is 0 Å². The van der Waals surface area contributed by atoms with Crippen LogP contribution in [0.25, 0.3) is 0 Å². The highest BCUT2D eigenvalue weighted by Gasteiger charge is 2.65. The quantitative estimate of drug-likeness (QED) is 0.207. The monoisotopic (exact) mass is 526 g/mol. The second-order valence-electron chi connectivity index (χ2n) is 9.41. The van der Waals surface area contributed by atoms with E-state index in [1.807, 2.05) is 24.3 Å². The van der Waals surface area contributed by atoms with Crippen molar-refractivity contribution in [3.8, 4) is 11.5 Å². The molecule has 39 heavy (non-hydrogen) atoms. The van der Waals surface area contributed by atoms with Crippen LogP contribution >= 0.6 is 0 Å². The number of fused-ring (bicyclic) bond motifs is 5. The minimum atomic E-state index is -1.08. The highest BCUT2D eigenvalue weighted by Crippen LogP contribution is 2.54. The van der Waals surface area contributed by atoms with Crippen LogP contribution in [0, 0.1) is 22.0 Å². The fraction of sp³-hybridized carbons (Fsp3) is 0.214. The number of hydrogen-bond acceptors (Lipinski definition) is 9. The Balaban J connectivity index is 1.50. The molecule has 6 rings (SSSR count). The van der Waals surface area contributed by atoms with Crippen molar-refractivity contribution in [3.05, 3.63) is 93.5 Å². The van der Waals surface area contributed by atoms with Gasteiger partial charge in [0.15, 0.2) is 5.78 Å². The van der Waals surface area contributed by atoms with Gasteiger partial charge in [0.25, 0.3) is 5.69 Å². The topological polar surface area (TPSA) is 132 Å². The molecule has 2 saturated heterocycles. The van der Waals surface area contributed by atoms with E-state index >= 15 is 0 Å². The van der Waals surface area contributed by atoms with Gasteiger partial charge in [0.05, 0.1) is 43.2 Å². The molecule has 0 aliphatic carbocycles. The molecule has 3 aliphatic rings. The molecule has 3 aromatic rings. The van der Waals surface area contributed by atoms with Crippen LogP contribution in [0.4, 0.5) is 11.4 Å². The van der Waals surface area contributed by atoms with E-state index in [1.54, 1.807) is 35.5 Å². The third kappa shape index (κ3) is 3.57. The molecular weight excluding hydrogens is 504 g/mol. The fourth-order valence-electron chi connectivity index (χ4n) is 5.80. The number of amides is 2. The number of ether oxygens (including phenoxy) is 2. The maximum Gasteiger partial charge on any atom is 0.271 e. The number of hydrogen-bond donors (Lipinski definition) is 0. The van der Waals surface area contributed by atoms with Crippen molar-refractivity contribution in [1.29, 1.82) is 0 Å². The predicted molar refractivity (Wildman–Crippen MR) is 139 cm³/mol. The zero-order chi connectivity index (χ0) is 27.4. The lowest BCUT2D eigenvalue weighted by Crippen LogP contribution is -2.44. The number of hydrazone groups is 1. The summed E-state index contributed by atoms with van der Waals surface area (Å²) in [6.07, 6.45) is 1.62. The molecule has 3 aromatic carbocycles. The Bertz CT molecular complexity index is 1570. The number of nitro benzene ring substituents is 1. The molecule has 3 heterocycles. The lowest BCUT2D eigenvalue weighted by molar-refractivity contribution is -0.384. The van der Waals surface area contributed by atoms with Crippen LogP contribution in [0.2, 0.25) is 0 Å². The van der Waals surface area contributed by atoms with Crippen LogP contribution < -0.4 is 14.4 Å². The van der Waals surface area contributed by atoms with Gasteiger partial charge in [-0.2, -0.15) is 5.10 Å². The van der Waals surface area contributed by atoms with Crippen molar-refractivity contribution in [3.63, 3.8) is 0 Å². The molecule has 0 bridgehead atoms. The Morgan fingerprint density at radius 1 is 0.949 bits per heavy atom. The maximum absolute atomic E-state index is 14.1. The number of methoxy groups -OCH3 is 2. The summed E-state index contributed by atoms with van der Waals surface area (Å²) in [6, 6.07) is 15.8. The zero-order valence-electron chi connectivity index (χ0n) is 20.9. The predicted octanol–water partition coefficient (Wildman–Crippen LogP) is 3.37. The molecular formula is C28H22N4O7. The van der Waals surface area contributed by atoms with Gasteiger partial charge in [-0.25, -0.2) is 4.90 Å². The number of anilines is 1. The number of ketones is 1. The standard InChI is InChI=1S/C28H22N4O7/c1-38-18-10-7-15(8-11-18)26(33)25-23-22(24-19-6-4-3-5-16(19)14-29-31(24)25)27(34)30(28(23)35)20-13-17(32(36)37)9-12-21(20)39-2/h3-14,22-25H,1-2H3/t22-,23-,24+,25-/m0/s1. The summed E-state index contributed by atoms with van der Waals surface area (Å²) in [5.74, 6) is -2.93. The molecule has 11 nitrogen and oxygen atoms in total. The fourth-order valence-corrected chi connectivity index (χ4v) is 5.80. The summed E-state index contributed by atoms with van der Waals surface area (Å²) in [5, 5.41) is 17.6. The summed E-state index contributed by atoms with van der Waals surface area (Å²) in [4.78, 5) is 53.9. The second-order valence-corrected chi connectivity index (χ2v) is 9.41. The van der Waals surface area contributed by atoms with Gasteiger partial charge in [-0.1, -0.05) is 24.3 Å². The van der Waals surface area contributed by atoms with E-state index in [9.17, 15) is 24.5 Å². The Morgan fingerprint density at radius 2 is 1.67 bits per heavy atom. The first-order valence-electron chi connectivity index (χ1n) is 12.2. The minimum Gasteiger partial charge on any atom is -0.497 e. The largest absolute Gasteiger partial charge is 0.497 e. The number of non-ortho nitro benzene ring substituents is 1. The van der Waals surface area contributed by atoms with Gasteiger partial charge in [0.2, 0.25) is 11.8 Å². The lowest BCUT2D eigenvalue weighted by Gasteiger charge is -2.33. The van der Waals surface area contributed by atoms with Crippen molar-refractivity contribution in [1.82, 2.24) is 5.01 Å². The first-order valence-corrected chi connectivity index (χ1v) is 12.2. The molecule has 3 aliphatic heterocycles. The number of benzene rings is 3. The van der Waals surface area contributed by atoms with Crippen LogP contribution in [0.3, 0.4) is 0 Å². The van der Waals surface area contributed by atoms with Gasteiger partial charge in [0, 0.05) is 17.7 Å². The van der Waals surface area contributed by atoms with Crippen molar-refractivity contribution in [2.24, 2.45) is 16.9 Å². The van der Waals surface area contributed by atoms with Gasteiger partial charge < -0.3 is 9.47 Å². The molecule has 0 unspecified atom stereocenters. The van der Waals surface area contributed by atoms with E-state index in [0.29, 0.717) is 11.3 Å². The van der Waals surface area contributed by atoms with Crippen molar-refractivity contribution < 1.29 is 28.8 Å². The van der Waals surface area contributed by atoms with Gasteiger partial charge in [-0.15, -0.1) is 0 Å². The van der Waals surface area contributed by atoms with Gasteiger partial charge in [0.1, 0.15) is 23.2 Å². The molecule has 0 N–H and O–H groups in total. The van der Waals surface area contributed by atoms with Crippen LogP contribution in [-0.4, -0.2) is 54.0 Å². The Hall–Kier alpha value is -5.06. The number of Topliss-reactive ketones (excluding diaryl/α,β-unsaturated/α-hetero) is 1. The number of rotatable bonds is 6. The highest BCUT2D eigenvalue weighted by molar-refractivity contribution is 6.25. The molecule has 0 saturated carbocycles. The molecule has 4 atom stereocenters. The Kier molecular flexibility index (Phi) is 5.63. The summed E-state index contributed by atoms with van der Waals surface area (Å²) >= 11 is 0. The molecule has 196 valence electrons. The number of carbonyl (C=O) groups is 3. The number of nitro groups is 1.